The van der Waals surface area contributed by atoms with Crippen molar-refractivity contribution in [2.75, 3.05) is 11.9 Å². The molecule has 33 heavy (non-hydrogen) atoms. The number of nitrogens with one attached hydrogen (secondary N) is 3. The van der Waals surface area contributed by atoms with Gasteiger partial charge >= 0.3 is 6.03 Å². The minimum Gasteiger partial charge on any atom is -0.334 e. The molecule has 0 aromatic carbocycles. The summed E-state index contributed by atoms with van der Waals surface area (Å²) in [4.78, 5) is 17.3. The molecule has 0 unspecified atom stereocenters. The lowest BCUT2D eigenvalue weighted by Gasteiger charge is -2.28. The van der Waals surface area contributed by atoms with E-state index in [1.54, 1.807) is 11.3 Å². The monoisotopic (exact) mass is 481 g/mol. The van der Waals surface area contributed by atoms with Crippen LogP contribution in [0.5, 0.6) is 0 Å². The standard InChI is InChI=1S/C27H35N3OS2/c1-3-4-10-20(18-8-7-9-18)25-22(21-13-14-28-16-24(21)32-25)15-29-27(31)30-26-17(2)19-11-5-6-12-23(19)33-26/h3-4,10,18,28H,5-9,11-16H2,1-2H3,(H2,29,30,31)/b4-3-,20-10+. The van der Waals surface area contributed by atoms with E-state index in [4.69, 9.17) is 0 Å². The molecule has 0 saturated heterocycles. The summed E-state index contributed by atoms with van der Waals surface area (Å²) in [7, 11) is 0. The summed E-state index contributed by atoms with van der Waals surface area (Å²) in [5, 5.41) is 10.9. The van der Waals surface area contributed by atoms with Crippen LogP contribution in [0.25, 0.3) is 5.57 Å². The quantitative estimate of drug-likeness (QED) is 0.401. The smallest absolute Gasteiger partial charge is 0.320 e. The first kappa shape index (κ1) is 22.9. The van der Waals surface area contributed by atoms with E-state index < -0.39 is 0 Å². The fraction of sp³-hybridized carbons (Fsp3) is 0.519. The van der Waals surface area contributed by atoms with Gasteiger partial charge in [-0.25, -0.2) is 4.79 Å². The van der Waals surface area contributed by atoms with Crippen LogP contribution >= 0.6 is 22.7 Å². The molecule has 2 amide bonds. The lowest BCUT2D eigenvalue weighted by molar-refractivity contribution is 0.252. The molecular formula is C27H35N3OS2. The van der Waals surface area contributed by atoms with Crippen molar-refractivity contribution >= 4 is 39.3 Å². The van der Waals surface area contributed by atoms with Crippen molar-refractivity contribution in [1.29, 1.82) is 0 Å². The second kappa shape index (κ2) is 10.2. The summed E-state index contributed by atoms with van der Waals surface area (Å²) < 4.78 is 0. The first-order chi connectivity index (χ1) is 16.2. The topological polar surface area (TPSA) is 53.2 Å². The van der Waals surface area contributed by atoms with Crippen LogP contribution in [0, 0.1) is 12.8 Å². The van der Waals surface area contributed by atoms with Gasteiger partial charge < -0.3 is 10.6 Å². The number of carbonyl (C=O) groups excluding carboxylic acids is 1. The second-order valence-corrected chi connectivity index (χ2v) is 11.7. The van der Waals surface area contributed by atoms with E-state index in [1.165, 1.54) is 74.6 Å². The Kier molecular flexibility index (Phi) is 7.05. The normalized spacial score (nSPS) is 18.7. The van der Waals surface area contributed by atoms with Gasteiger partial charge in [0, 0.05) is 27.7 Å². The fourth-order valence-electron chi connectivity index (χ4n) is 5.30. The maximum Gasteiger partial charge on any atom is 0.320 e. The van der Waals surface area contributed by atoms with E-state index in [0.717, 1.165) is 37.4 Å². The fourth-order valence-corrected chi connectivity index (χ4v) is 8.03. The lowest BCUT2D eigenvalue weighted by Crippen LogP contribution is -2.29. The van der Waals surface area contributed by atoms with Gasteiger partial charge in [0.2, 0.25) is 0 Å². The third-order valence-corrected chi connectivity index (χ3v) is 10.0. The largest absolute Gasteiger partial charge is 0.334 e. The zero-order valence-corrected chi connectivity index (χ0v) is 21.4. The Morgan fingerprint density at radius 3 is 2.70 bits per heavy atom. The number of thiophene rings is 2. The van der Waals surface area contributed by atoms with Crippen molar-refractivity contribution < 1.29 is 4.79 Å². The summed E-state index contributed by atoms with van der Waals surface area (Å²) >= 11 is 3.71. The second-order valence-electron chi connectivity index (χ2n) is 9.49. The molecule has 0 spiro atoms. The summed E-state index contributed by atoms with van der Waals surface area (Å²) in [6.45, 7) is 6.79. The summed E-state index contributed by atoms with van der Waals surface area (Å²) in [5.74, 6) is 0.655. The Hall–Kier alpha value is -1.89. The van der Waals surface area contributed by atoms with Gasteiger partial charge in [-0.15, -0.1) is 22.7 Å². The highest BCUT2D eigenvalue weighted by Gasteiger charge is 2.29. The highest BCUT2D eigenvalue weighted by atomic mass is 32.1. The Morgan fingerprint density at radius 2 is 1.94 bits per heavy atom. The molecule has 0 bridgehead atoms. The van der Waals surface area contributed by atoms with Gasteiger partial charge in [-0.05, 0) is 99.1 Å². The number of carbonyl (C=O) groups is 1. The molecule has 0 atom stereocenters. The van der Waals surface area contributed by atoms with Crippen molar-refractivity contribution in [2.45, 2.75) is 78.3 Å². The molecule has 176 valence electrons. The summed E-state index contributed by atoms with van der Waals surface area (Å²) in [6, 6.07) is -0.0841. The maximum atomic E-state index is 12.9. The van der Waals surface area contributed by atoms with E-state index in [9.17, 15) is 4.79 Å². The third-order valence-electron chi connectivity index (χ3n) is 7.40. The zero-order chi connectivity index (χ0) is 22.8. The van der Waals surface area contributed by atoms with Crippen LogP contribution in [0.3, 0.4) is 0 Å². The van der Waals surface area contributed by atoms with Crippen LogP contribution in [0.15, 0.2) is 18.2 Å². The molecule has 2 aromatic heterocycles. The number of anilines is 1. The Labute approximate surface area is 205 Å². The molecule has 5 rings (SSSR count). The molecule has 6 heteroatoms. The van der Waals surface area contributed by atoms with Gasteiger partial charge in [-0.2, -0.15) is 0 Å². The first-order valence-corrected chi connectivity index (χ1v) is 14.1. The van der Waals surface area contributed by atoms with Crippen LogP contribution in [-0.4, -0.2) is 12.6 Å². The molecule has 1 fully saturated rings. The van der Waals surface area contributed by atoms with E-state index in [2.05, 4.69) is 48.0 Å². The van der Waals surface area contributed by atoms with Crippen LogP contribution in [0.4, 0.5) is 9.80 Å². The number of fused-ring (bicyclic) bond motifs is 2. The summed E-state index contributed by atoms with van der Waals surface area (Å²) in [6.07, 6.45) is 16.4. The third kappa shape index (κ3) is 4.71. The number of urea groups is 1. The molecule has 3 heterocycles. The van der Waals surface area contributed by atoms with Crippen molar-refractivity contribution in [2.24, 2.45) is 5.92 Å². The average Bonchev–Trinajstić information content (AvgIpc) is 3.31. The maximum absolute atomic E-state index is 12.9. The molecule has 3 N–H and O–H groups in total. The molecule has 0 radical (unpaired) electrons. The predicted octanol–water partition coefficient (Wildman–Crippen LogP) is 6.72. The molecule has 2 aliphatic carbocycles. The minimum absolute atomic E-state index is 0.0841. The number of aryl methyl sites for hydroxylation is 1. The Balaban J connectivity index is 1.36. The van der Waals surface area contributed by atoms with Gasteiger partial charge in [-0.1, -0.05) is 24.6 Å². The van der Waals surface area contributed by atoms with Crippen LogP contribution in [-0.2, 0) is 32.4 Å². The Morgan fingerprint density at radius 1 is 1.09 bits per heavy atom. The van der Waals surface area contributed by atoms with Gasteiger partial charge in [0.25, 0.3) is 0 Å². The van der Waals surface area contributed by atoms with Gasteiger partial charge in [0.05, 0.1) is 5.00 Å². The van der Waals surface area contributed by atoms with Crippen LogP contribution in [0.2, 0.25) is 0 Å². The van der Waals surface area contributed by atoms with Gasteiger partial charge in [0.15, 0.2) is 0 Å². The zero-order valence-electron chi connectivity index (χ0n) is 19.8. The molecular weight excluding hydrogens is 446 g/mol. The number of allylic oxidation sites excluding steroid dienone is 4. The van der Waals surface area contributed by atoms with E-state index in [0.29, 0.717) is 12.5 Å². The van der Waals surface area contributed by atoms with Crippen molar-refractivity contribution in [1.82, 2.24) is 10.6 Å². The van der Waals surface area contributed by atoms with Gasteiger partial charge in [-0.3, -0.25) is 5.32 Å². The molecule has 1 saturated carbocycles. The number of rotatable bonds is 6. The number of amides is 2. The van der Waals surface area contributed by atoms with Crippen molar-refractivity contribution in [3.8, 4) is 0 Å². The molecule has 3 aliphatic rings. The van der Waals surface area contributed by atoms with Crippen molar-refractivity contribution in [3.05, 3.63) is 55.1 Å². The average molecular weight is 482 g/mol. The van der Waals surface area contributed by atoms with Gasteiger partial charge in [0.1, 0.15) is 0 Å². The lowest BCUT2D eigenvalue weighted by atomic mass is 9.78. The summed E-state index contributed by atoms with van der Waals surface area (Å²) in [5.41, 5.74) is 7.02. The van der Waals surface area contributed by atoms with E-state index in [-0.39, 0.29) is 6.03 Å². The van der Waals surface area contributed by atoms with E-state index >= 15 is 0 Å². The Bertz CT molecular complexity index is 1090. The highest BCUT2D eigenvalue weighted by molar-refractivity contribution is 7.16. The molecule has 1 aliphatic heterocycles. The highest BCUT2D eigenvalue weighted by Crippen LogP contribution is 2.45. The SMILES string of the molecule is C/C=C\C=C(\c1sc2c(c1CNC(=O)Nc1sc3c(c1C)CCCC3)CCNC2)C1CCC1. The molecule has 2 aromatic rings. The van der Waals surface area contributed by atoms with Crippen LogP contribution < -0.4 is 16.0 Å². The number of hydrogen-bond acceptors (Lipinski definition) is 4. The predicted molar refractivity (Wildman–Crippen MR) is 141 cm³/mol. The number of hydrogen-bond donors (Lipinski definition) is 3. The first-order valence-electron chi connectivity index (χ1n) is 12.5. The molecule has 4 nitrogen and oxygen atoms in total. The van der Waals surface area contributed by atoms with Crippen molar-refractivity contribution in [3.63, 3.8) is 0 Å². The van der Waals surface area contributed by atoms with Crippen LogP contribution in [0.1, 0.15) is 75.9 Å². The van der Waals surface area contributed by atoms with E-state index in [1.807, 2.05) is 11.3 Å². The minimum atomic E-state index is -0.0841.